The van der Waals surface area contributed by atoms with E-state index in [1.54, 1.807) is 0 Å². The molecule has 1 aliphatic heterocycles. The number of rotatable bonds is 3. The molecule has 1 aliphatic rings. The molecule has 3 heteroatoms. The Hall–Kier alpha value is -1.69. The van der Waals surface area contributed by atoms with E-state index < -0.39 is 0 Å². The number of hydrogen-bond acceptors (Lipinski definition) is 3. The summed E-state index contributed by atoms with van der Waals surface area (Å²) in [5.74, 6) is 1.06. The van der Waals surface area contributed by atoms with Gasteiger partial charge in [-0.05, 0) is 44.5 Å². The van der Waals surface area contributed by atoms with E-state index in [1.807, 2.05) is 19.1 Å². The van der Waals surface area contributed by atoms with Gasteiger partial charge >= 0.3 is 0 Å². The van der Waals surface area contributed by atoms with Crippen molar-refractivity contribution in [3.8, 4) is 11.8 Å². The molecule has 2 rings (SSSR count). The van der Waals surface area contributed by atoms with Crippen LogP contribution in [0, 0.1) is 17.2 Å². The molecule has 0 saturated carbocycles. The average Bonchev–Trinajstić information content (AvgIpc) is 2.72. The van der Waals surface area contributed by atoms with Crippen molar-refractivity contribution in [2.24, 2.45) is 5.92 Å². The van der Waals surface area contributed by atoms with Gasteiger partial charge in [-0.1, -0.05) is 0 Å². The van der Waals surface area contributed by atoms with Crippen molar-refractivity contribution in [1.29, 1.82) is 5.26 Å². The van der Waals surface area contributed by atoms with Gasteiger partial charge in [0.25, 0.3) is 0 Å². The maximum atomic E-state index is 9.02. The van der Waals surface area contributed by atoms with Crippen LogP contribution in [0.25, 0.3) is 0 Å². The topological polar surface area (TPSA) is 36.3 Å². The lowest BCUT2D eigenvalue weighted by Gasteiger charge is -2.24. The number of benzene rings is 1. The first-order valence-corrected chi connectivity index (χ1v) is 6.15. The van der Waals surface area contributed by atoms with Crippen LogP contribution >= 0.6 is 0 Å². The zero-order valence-electron chi connectivity index (χ0n) is 10.4. The van der Waals surface area contributed by atoms with Crippen molar-refractivity contribution in [3.05, 3.63) is 24.3 Å². The molecule has 3 nitrogen and oxygen atoms in total. The number of ether oxygens (including phenoxy) is 1. The quantitative estimate of drug-likeness (QED) is 0.801. The smallest absolute Gasteiger partial charge is 0.119 e. The lowest BCUT2D eigenvalue weighted by molar-refractivity contribution is 0.340. The van der Waals surface area contributed by atoms with Crippen LogP contribution in [-0.4, -0.2) is 19.2 Å². The molecular weight excluding hydrogens is 212 g/mol. The van der Waals surface area contributed by atoms with Crippen LogP contribution in [0.1, 0.15) is 20.3 Å². The first-order chi connectivity index (χ1) is 8.26. The second kappa shape index (κ2) is 5.09. The first-order valence-electron chi connectivity index (χ1n) is 6.15. The van der Waals surface area contributed by atoms with Crippen LogP contribution in [0.3, 0.4) is 0 Å². The molecule has 1 heterocycles. The van der Waals surface area contributed by atoms with Crippen molar-refractivity contribution >= 4 is 5.69 Å². The maximum absolute atomic E-state index is 9.02. The highest BCUT2D eigenvalue weighted by molar-refractivity contribution is 5.51. The second-order valence-electron chi connectivity index (χ2n) is 4.39. The van der Waals surface area contributed by atoms with E-state index in [1.165, 1.54) is 5.69 Å². The van der Waals surface area contributed by atoms with Crippen LogP contribution in [0.5, 0.6) is 5.75 Å². The first kappa shape index (κ1) is 11.8. The Balaban J connectivity index is 2.11. The monoisotopic (exact) mass is 230 g/mol. The third-order valence-electron chi connectivity index (χ3n) is 3.40. The Labute approximate surface area is 103 Å². The highest BCUT2D eigenvalue weighted by Crippen LogP contribution is 2.30. The number of hydrogen-bond donors (Lipinski definition) is 0. The number of nitrogens with zero attached hydrogens (tertiary/aromatic N) is 2. The van der Waals surface area contributed by atoms with E-state index in [9.17, 15) is 0 Å². The normalized spacial score (nSPS) is 23.5. The van der Waals surface area contributed by atoms with Crippen LogP contribution in [0.15, 0.2) is 24.3 Å². The second-order valence-corrected chi connectivity index (χ2v) is 4.39. The van der Waals surface area contributed by atoms with Gasteiger partial charge in [-0.3, -0.25) is 0 Å². The summed E-state index contributed by atoms with van der Waals surface area (Å²) in [6.07, 6.45) is 0.963. The van der Waals surface area contributed by atoms with Crippen LogP contribution in [0.2, 0.25) is 0 Å². The van der Waals surface area contributed by atoms with Gasteiger partial charge in [-0.15, -0.1) is 0 Å². The molecule has 0 radical (unpaired) electrons. The van der Waals surface area contributed by atoms with Gasteiger partial charge < -0.3 is 9.64 Å². The fraction of sp³-hybridized carbons (Fsp3) is 0.500. The molecule has 1 aromatic carbocycles. The molecule has 17 heavy (non-hydrogen) atoms. The maximum Gasteiger partial charge on any atom is 0.119 e. The van der Waals surface area contributed by atoms with Crippen molar-refractivity contribution in [3.63, 3.8) is 0 Å². The summed E-state index contributed by atoms with van der Waals surface area (Å²) in [7, 11) is 0. The predicted molar refractivity (Wildman–Crippen MR) is 68.1 cm³/mol. The van der Waals surface area contributed by atoms with E-state index in [0.29, 0.717) is 12.6 Å². The lowest BCUT2D eigenvalue weighted by atomic mass is 10.0. The molecule has 90 valence electrons. The van der Waals surface area contributed by atoms with Gasteiger partial charge in [0, 0.05) is 18.3 Å². The van der Waals surface area contributed by atoms with Crippen LogP contribution in [0.4, 0.5) is 5.69 Å². The largest absolute Gasteiger partial charge is 0.494 e. The van der Waals surface area contributed by atoms with Crippen molar-refractivity contribution in [2.45, 2.75) is 26.3 Å². The summed E-state index contributed by atoms with van der Waals surface area (Å²) in [6.45, 7) is 5.76. The third-order valence-corrected chi connectivity index (χ3v) is 3.40. The third kappa shape index (κ3) is 2.36. The standard InChI is InChI=1S/C14H18N2O/c1-3-17-14-6-4-13(5-7-14)16-9-8-12(10-15)11(16)2/h4-7,11-12H,3,8-9H2,1-2H3. The minimum atomic E-state index is 0.154. The summed E-state index contributed by atoms with van der Waals surface area (Å²) in [5, 5.41) is 9.02. The Morgan fingerprint density at radius 1 is 1.41 bits per heavy atom. The predicted octanol–water partition coefficient (Wildman–Crippen LogP) is 2.82. The molecular formula is C14H18N2O. The van der Waals surface area contributed by atoms with Crippen molar-refractivity contribution in [1.82, 2.24) is 0 Å². The minimum absolute atomic E-state index is 0.154. The van der Waals surface area contributed by atoms with Gasteiger partial charge in [-0.25, -0.2) is 0 Å². The summed E-state index contributed by atoms with van der Waals surface area (Å²) < 4.78 is 5.42. The molecule has 0 bridgehead atoms. The molecule has 0 aromatic heterocycles. The van der Waals surface area contributed by atoms with Crippen molar-refractivity contribution in [2.75, 3.05) is 18.1 Å². The highest BCUT2D eigenvalue weighted by Gasteiger charge is 2.30. The molecule has 1 aromatic rings. The van der Waals surface area contributed by atoms with E-state index in [0.717, 1.165) is 18.7 Å². The van der Waals surface area contributed by atoms with Crippen molar-refractivity contribution < 1.29 is 4.74 Å². The zero-order valence-corrected chi connectivity index (χ0v) is 10.4. The summed E-state index contributed by atoms with van der Waals surface area (Å²) in [5.41, 5.74) is 1.18. The average molecular weight is 230 g/mol. The summed E-state index contributed by atoms with van der Waals surface area (Å²) in [4.78, 5) is 2.30. The SMILES string of the molecule is CCOc1ccc(N2CCC(C#N)C2C)cc1. The fourth-order valence-electron chi connectivity index (χ4n) is 2.38. The Morgan fingerprint density at radius 2 is 2.12 bits per heavy atom. The van der Waals surface area contributed by atoms with E-state index in [4.69, 9.17) is 10.00 Å². The highest BCUT2D eigenvalue weighted by atomic mass is 16.5. The molecule has 1 fully saturated rings. The fourth-order valence-corrected chi connectivity index (χ4v) is 2.38. The lowest BCUT2D eigenvalue weighted by Crippen LogP contribution is -2.29. The van der Waals surface area contributed by atoms with Crippen LogP contribution < -0.4 is 9.64 Å². The molecule has 0 amide bonds. The van der Waals surface area contributed by atoms with Gasteiger partial charge in [0.05, 0.1) is 18.6 Å². The minimum Gasteiger partial charge on any atom is -0.494 e. The summed E-state index contributed by atoms with van der Waals surface area (Å²) >= 11 is 0. The molecule has 0 aliphatic carbocycles. The van der Waals surface area contributed by atoms with Crippen LogP contribution in [-0.2, 0) is 0 Å². The van der Waals surface area contributed by atoms with Gasteiger partial charge in [0.2, 0.25) is 0 Å². The Bertz CT molecular complexity index is 407. The molecule has 0 spiro atoms. The molecule has 2 unspecified atom stereocenters. The number of nitriles is 1. The van der Waals surface area contributed by atoms with Gasteiger partial charge in [-0.2, -0.15) is 5.26 Å². The Kier molecular flexibility index (Phi) is 3.53. The summed E-state index contributed by atoms with van der Waals surface area (Å²) in [6, 6.07) is 10.8. The number of anilines is 1. The van der Waals surface area contributed by atoms with E-state index in [2.05, 4.69) is 30.0 Å². The molecule has 2 atom stereocenters. The Morgan fingerprint density at radius 3 is 2.65 bits per heavy atom. The van der Waals surface area contributed by atoms with Gasteiger partial charge in [0.15, 0.2) is 0 Å². The van der Waals surface area contributed by atoms with E-state index in [-0.39, 0.29) is 5.92 Å². The molecule has 1 saturated heterocycles. The van der Waals surface area contributed by atoms with E-state index >= 15 is 0 Å². The van der Waals surface area contributed by atoms with Gasteiger partial charge in [0.1, 0.15) is 5.75 Å². The molecule has 0 N–H and O–H groups in total. The zero-order chi connectivity index (χ0) is 12.3.